The van der Waals surface area contributed by atoms with E-state index >= 15 is 0 Å². The summed E-state index contributed by atoms with van der Waals surface area (Å²) < 4.78 is 1.56. The Bertz CT molecular complexity index is 884. The molecule has 0 aromatic carbocycles. The Balaban J connectivity index is 2.33. The van der Waals surface area contributed by atoms with E-state index in [4.69, 9.17) is 5.26 Å². The summed E-state index contributed by atoms with van der Waals surface area (Å²) in [4.78, 5) is 20.8. The standard InChI is InChI=1S/C18H23N7O/c1-11(2)25-15(7-12(3)24-25)23-17(26)13-9-20-14(8-19)22-16(13)21-10-18(4,5)6/h7,9H,1,10H2,2-6H3,(H,23,26)(H,20,21,22). The number of rotatable bonds is 5. The van der Waals surface area contributed by atoms with Crippen LogP contribution in [0.4, 0.5) is 11.6 Å². The van der Waals surface area contributed by atoms with Crippen molar-refractivity contribution in [3.8, 4) is 6.07 Å². The second kappa shape index (κ2) is 7.35. The molecule has 0 atom stereocenters. The van der Waals surface area contributed by atoms with Crippen LogP contribution in [0.15, 0.2) is 18.8 Å². The number of nitrogens with one attached hydrogen (secondary N) is 2. The molecular weight excluding hydrogens is 330 g/mol. The SMILES string of the molecule is C=C(C)n1nc(C)cc1NC(=O)c1cnc(C#N)nc1NCC(C)(C)C. The highest BCUT2D eigenvalue weighted by molar-refractivity contribution is 6.07. The van der Waals surface area contributed by atoms with Gasteiger partial charge < -0.3 is 10.6 Å². The smallest absolute Gasteiger partial charge is 0.262 e. The summed E-state index contributed by atoms with van der Waals surface area (Å²) >= 11 is 0. The van der Waals surface area contributed by atoms with Crippen LogP contribution in [0.25, 0.3) is 5.70 Å². The number of anilines is 2. The summed E-state index contributed by atoms with van der Waals surface area (Å²) in [5.41, 5.74) is 1.66. The van der Waals surface area contributed by atoms with E-state index in [1.165, 1.54) is 6.20 Å². The van der Waals surface area contributed by atoms with Crippen LogP contribution in [-0.4, -0.2) is 32.2 Å². The van der Waals surface area contributed by atoms with Gasteiger partial charge in [0.25, 0.3) is 5.91 Å². The molecule has 0 bridgehead atoms. The second-order valence-corrected chi connectivity index (χ2v) is 7.25. The molecule has 2 aromatic heterocycles. The van der Waals surface area contributed by atoms with Crippen molar-refractivity contribution in [2.75, 3.05) is 17.2 Å². The van der Waals surface area contributed by atoms with E-state index in [1.807, 2.05) is 13.0 Å². The summed E-state index contributed by atoms with van der Waals surface area (Å²) in [7, 11) is 0. The summed E-state index contributed by atoms with van der Waals surface area (Å²) in [6.45, 7) is 14.2. The average molecular weight is 353 g/mol. The van der Waals surface area contributed by atoms with Gasteiger partial charge in [0.05, 0.1) is 5.69 Å². The van der Waals surface area contributed by atoms with Crippen molar-refractivity contribution >= 4 is 23.2 Å². The lowest BCUT2D eigenvalue weighted by molar-refractivity contribution is 0.102. The van der Waals surface area contributed by atoms with Crippen LogP contribution in [0.2, 0.25) is 0 Å². The molecule has 1 amide bonds. The minimum atomic E-state index is -0.395. The molecule has 0 spiro atoms. The molecule has 0 aliphatic rings. The minimum absolute atomic E-state index is 0.000724. The third kappa shape index (κ3) is 4.66. The minimum Gasteiger partial charge on any atom is -0.369 e. The van der Waals surface area contributed by atoms with Crippen LogP contribution in [-0.2, 0) is 0 Å². The van der Waals surface area contributed by atoms with Gasteiger partial charge in [0.2, 0.25) is 5.82 Å². The van der Waals surface area contributed by atoms with Crippen LogP contribution in [0.3, 0.4) is 0 Å². The number of nitriles is 1. The molecular formula is C18H23N7O. The van der Waals surface area contributed by atoms with E-state index < -0.39 is 5.91 Å². The Hall–Kier alpha value is -3.21. The fourth-order valence-electron chi connectivity index (χ4n) is 2.15. The Morgan fingerprint density at radius 2 is 2.12 bits per heavy atom. The number of hydrogen-bond acceptors (Lipinski definition) is 6. The fraction of sp³-hybridized carbons (Fsp3) is 0.389. The van der Waals surface area contributed by atoms with Gasteiger partial charge in [-0.25, -0.2) is 14.6 Å². The summed E-state index contributed by atoms with van der Waals surface area (Å²) in [6, 6.07) is 3.64. The molecule has 136 valence electrons. The lowest BCUT2D eigenvalue weighted by Gasteiger charge is -2.20. The lowest BCUT2D eigenvalue weighted by atomic mass is 9.97. The predicted molar refractivity (Wildman–Crippen MR) is 101 cm³/mol. The fourth-order valence-corrected chi connectivity index (χ4v) is 2.15. The first-order chi connectivity index (χ1) is 12.1. The van der Waals surface area contributed by atoms with Crippen molar-refractivity contribution in [3.63, 3.8) is 0 Å². The maximum Gasteiger partial charge on any atom is 0.262 e. The van der Waals surface area contributed by atoms with Crippen LogP contribution < -0.4 is 10.6 Å². The number of aryl methyl sites for hydroxylation is 1. The first kappa shape index (κ1) is 19.1. The first-order valence-electron chi connectivity index (χ1n) is 8.15. The van der Waals surface area contributed by atoms with Gasteiger partial charge in [-0.2, -0.15) is 10.4 Å². The van der Waals surface area contributed by atoms with Crippen LogP contribution in [0.5, 0.6) is 0 Å². The topological polar surface area (TPSA) is 109 Å². The summed E-state index contributed by atoms with van der Waals surface area (Å²) in [5.74, 6) is 0.433. The molecule has 0 saturated carbocycles. The average Bonchev–Trinajstić information content (AvgIpc) is 2.92. The molecule has 2 rings (SSSR count). The molecule has 26 heavy (non-hydrogen) atoms. The van der Waals surface area contributed by atoms with Crippen molar-refractivity contribution in [1.82, 2.24) is 19.7 Å². The maximum atomic E-state index is 12.8. The van der Waals surface area contributed by atoms with Gasteiger partial charge in [0, 0.05) is 24.5 Å². The highest BCUT2D eigenvalue weighted by atomic mass is 16.1. The van der Waals surface area contributed by atoms with Crippen molar-refractivity contribution in [2.24, 2.45) is 5.41 Å². The van der Waals surface area contributed by atoms with E-state index in [0.717, 1.165) is 5.69 Å². The van der Waals surface area contributed by atoms with Crippen LogP contribution in [0.1, 0.15) is 49.6 Å². The van der Waals surface area contributed by atoms with Gasteiger partial charge in [-0.1, -0.05) is 27.4 Å². The largest absolute Gasteiger partial charge is 0.369 e. The van der Waals surface area contributed by atoms with E-state index in [9.17, 15) is 4.79 Å². The predicted octanol–water partition coefficient (Wildman–Crippen LogP) is 3.05. The van der Waals surface area contributed by atoms with Crippen molar-refractivity contribution in [3.05, 3.63) is 35.9 Å². The first-order valence-corrected chi connectivity index (χ1v) is 8.15. The van der Waals surface area contributed by atoms with Crippen molar-refractivity contribution < 1.29 is 4.79 Å². The van der Waals surface area contributed by atoms with E-state index in [0.29, 0.717) is 23.9 Å². The van der Waals surface area contributed by atoms with E-state index in [1.54, 1.807) is 17.7 Å². The van der Waals surface area contributed by atoms with Crippen LogP contribution >= 0.6 is 0 Å². The molecule has 0 aliphatic carbocycles. The zero-order valence-corrected chi connectivity index (χ0v) is 15.7. The number of hydrogen-bond donors (Lipinski definition) is 2. The van der Waals surface area contributed by atoms with Crippen molar-refractivity contribution in [1.29, 1.82) is 5.26 Å². The number of allylic oxidation sites excluding steroid dienone is 1. The van der Waals surface area contributed by atoms with Crippen molar-refractivity contribution in [2.45, 2.75) is 34.6 Å². The Kier molecular flexibility index (Phi) is 5.41. The number of nitrogens with zero attached hydrogens (tertiary/aromatic N) is 5. The number of carbonyl (C=O) groups excluding carboxylic acids is 1. The normalized spacial score (nSPS) is 10.9. The highest BCUT2D eigenvalue weighted by Gasteiger charge is 2.19. The number of carbonyl (C=O) groups is 1. The molecule has 0 radical (unpaired) electrons. The molecule has 0 saturated heterocycles. The molecule has 2 heterocycles. The molecule has 0 aliphatic heterocycles. The number of aromatic nitrogens is 4. The molecule has 2 aromatic rings. The van der Waals surface area contributed by atoms with Gasteiger partial charge >= 0.3 is 0 Å². The number of amides is 1. The summed E-state index contributed by atoms with van der Waals surface area (Å²) in [5, 5.41) is 19.3. The third-order valence-electron chi connectivity index (χ3n) is 3.35. The monoisotopic (exact) mass is 353 g/mol. The molecule has 2 N–H and O–H groups in total. The molecule has 8 heteroatoms. The van der Waals surface area contributed by atoms with E-state index in [-0.39, 0.29) is 16.8 Å². The Labute approximate surface area is 153 Å². The molecule has 8 nitrogen and oxygen atoms in total. The third-order valence-corrected chi connectivity index (χ3v) is 3.35. The van der Waals surface area contributed by atoms with Gasteiger partial charge in [-0.3, -0.25) is 4.79 Å². The Morgan fingerprint density at radius 3 is 2.69 bits per heavy atom. The molecule has 0 unspecified atom stereocenters. The lowest BCUT2D eigenvalue weighted by Crippen LogP contribution is -2.23. The van der Waals surface area contributed by atoms with E-state index in [2.05, 4.69) is 53.1 Å². The van der Waals surface area contributed by atoms with Gasteiger partial charge in [0.1, 0.15) is 23.3 Å². The quantitative estimate of drug-likeness (QED) is 0.855. The molecule has 0 fully saturated rings. The zero-order valence-electron chi connectivity index (χ0n) is 15.7. The zero-order chi connectivity index (χ0) is 19.5. The van der Waals surface area contributed by atoms with Gasteiger partial charge in [-0.05, 0) is 19.3 Å². The highest BCUT2D eigenvalue weighted by Crippen LogP contribution is 2.20. The maximum absolute atomic E-state index is 12.8. The summed E-state index contributed by atoms with van der Waals surface area (Å²) in [6.07, 6.45) is 1.35. The Morgan fingerprint density at radius 1 is 1.42 bits per heavy atom. The van der Waals surface area contributed by atoms with Gasteiger partial charge in [-0.15, -0.1) is 0 Å². The van der Waals surface area contributed by atoms with Crippen LogP contribution in [0, 0.1) is 23.7 Å². The van der Waals surface area contributed by atoms with Gasteiger partial charge in [0.15, 0.2) is 0 Å². The second-order valence-electron chi connectivity index (χ2n) is 7.25.